The molecule has 1 amide bonds. The second-order valence-electron chi connectivity index (χ2n) is 4.55. The first-order valence-corrected chi connectivity index (χ1v) is 6.21. The summed E-state index contributed by atoms with van der Waals surface area (Å²) in [4.78, 5) is 17.6. The zero-order chi connectivity index (χ0) is 13.5. The highest BCUT2D eigenvalue weighted by molar-refractivity contribution is 5.97. The Kier molecular flexibility index (Phi) is 5.58. The van der Waals surface area contributed by atoms with E-state index >= 15 is 0 Å². The number of pyridine rings is 1. The lowest BCUT2D eigenvalue weighted by atomic mass is 10.1. The average molecular weight is 250 g/mol. The summed E-state index contributed by atoms with van der Waals surface area (Å²) in [7, 11) is 4.10. The van der Waals surface area contributed by atoms with Crippen molar-refractivity contribution >= 4 is 11.7 Å². The van der Waals surface area contributed by atoms with E-state index in [-0.39, 0.29) is 0 Å². The Morgan fingerprint density at radius 2 is 2.28 bits per heavy atom. The number of rotatable bonds is 7. The molecule has 0 saturated carbocycles. The number of hydrogen-bond donors (Lipinski definition) is 2. The van der Waals surface area contributed by atoms with Gasteiger partial charge in [-0.05, 0) is 32.6 Å². The first-order chi connectivity index (χ1) is 8.56. The van der Waals surface area contributed by atoms with Gasteiger partial charge in [-0.3, -0.25) is 4.79 Å². The van der Waals surface area contributed by atoms with Crippen LogP contribution in [0.4, 0.5) is 5.82 Å². The fraction of sp³-hybridized carbons (Fsp3) is 0.538. The van der Waals surface area contributed by atoms with Gasteiger partial charge < -0.3 is 16.0 Å². The lowest BCUT2D eigenvalue weighted by Gasteiger charge is -2.24. The summed E-state index contributed by atoms with van der Waals surface area (Å²) in [5.41, 5.74) is 5.75. The minimum Gasteiger partial charge on any atom is -0.368 e. The standard InChI is InChI=1S/C13H22N4O/c1-4-6-10(17(2)3)9-16-13-11(12(14)18)7-5-8-15-13/h5,7-8,10H,4,6,9H2,1-3H3,(H2,14,18)(H,15,16)/t10-/m0/s1. The summed E-state index contributed by atoms with van der Waals surface area (Å²) in [5, 5.41) is 3.21. The molecule has 1 rings (SSSR count). The van der Waals surface area contributed by atoms with Gasteiger partial charge in [0.2, 0.25) is 0 Å². The van der Waals surface area contributed by atoms with Crippen molar-refractivity contribution in [1.82, 2.24) is 9.88 Å². The first kappa shape index (κ1) is 14.4. The van der Waals surface area contributed by atoms with Crippen molar-refractivity contribution in [1.29, 1.82) is 0 Å². The summed E-state index contributed by atoms with van der Waals surface area (Å²) in [6.45, 7) is 2.91. The van der Waals surface area contributed by atoms with Crippen LogP contribution in [-0.2, 0) is 0 Å². The molecule has 0 aliphatic carbocycles. The quantitative estimate of drug-likeness (QED) is 0.765. The molecule has 0 saturated heterocycles. The van der Waals surface area contributed by atoms with E-state index in [4.69, 9.17) is 5.73 Å². The summed E-state index contributed by atoms with van der Waals surface area (Å²) in [6.07, 6.45) is 3.87. The van der Waals surface area contributed by atoms with Gasteiger partial charge in [-0.1, -0.05) is 13.3 Å². The van der Waals surface area contributed by atoms with Crippen LogP contribution in [0.15, 0.2) is 18.3 Å². The summed E-state index contributed by atoms with van der Waals surface area (Å²) in [5.74, 6) is 0.107. The van der Waals surface area contributed by atoms with Gasteiger partial charge in [-0.2, -0.15) is 0 Å². The van der Waals surface area contributed by atoms with E-state index in [1.54, 1.807) is 18.3 Å². The van der Waals surface area contributed by atoms with Gasteiger partial charge in [-0.15, -0.1) is 0 Å². The van der Waals surface area contributed by atoms with Crippen molar-refractivity contribution in [3.63, 3.8) is 0 Å². The van der Waals surface area contributed by atoms with E-state index in [0.717, 1.165) is 19.4 Å². The number of amides is 1. The van der Waals surface area contributed by atoms with Crippen molar-refractivity contribution in [2.75, 3.05) is 26.0 Å². The Morgan fingerprint density at radius 3 is 2.83 bits per heavy atom. The molecule has 0 aliphatic rings. The zero-order valence-electron chi connectivity index (χ0n) is 11.3. The monoisotopic (exact) mass is 250 g/mol. The number of hydrogen-bond acceptors (Lipinski definition) is 4. The maximum absolute atomic E-state index is 11.3. The molecule has 0 fully saturated rings. The van der Waals surface area contributed by atoms with Crippen LogP contribution in [0.3, 0.4) is 0 Å². The van der Waals surface area contributed by atoms with Crippen molar-refractivity contribution in [3.8, 4) is 0 Å². The molecule has 100 valence electrons. The number of carbonyl (C=O) groups excluding carboxylic acids is 1. The maximum atomic E-state index is 11.3. The van der Waals surface area contributed by atoms with Gasteiger partial charge in [0, 0.05) is 18.8 Å². The van der Waals surface area contributed by atoms with E-state index < -0.39 is 5.91 Å². The Hall–Kier alpha value is -1.62. The summed E-state index contributed by atoms with van der Waals surface area (Å²) < 4.78 is 0. The number of anilines is 1. The number of nitrogens with two attached hydrogens (primary N) is 1. The van der Waals surface area contributed by atoms with Crippen LogP contribution in [0.25, 0.3) is 0 Å². The predicted octanol–water partition coefficient (Wildman–Crippen LogP) is 1.32. The minimum absolute atomic E-state index is 0.415. The van der Waals surface area contributed by atoms with Crippen molar-refractivity contribution in [3.05, 3.63) is 23.9 Å². The molecular weight excluding hydrogens is 228 g/mol. The molecule has 0 aromatic carbocycles. The van der Waals surface area contributed by atoms with Gasteiger partial charge in [0.1, 0.15) is 5.82 Å². The van der Waals surface area contributed by atoms with Crippen molar-refractivity contribution in [2.45, 2.75) is 25.8 Å². The van der Waals surface area contributed by atoms with E-state index in [2.05, 4.69) is 36.2 Å². The highest BCUT2D eigenvalue weighted by Gasteiger charge is 2.13. The van der Waals surface area contributed by atoms with Gasteiger partial charge in [-0.25, -0.2) is 4.98 Å². The van der Waals surface area contributed by atoms with Gasteiger partial charge in [0.15, 0.2) is 0 Å². The Morgan fingerprint density at radius 1 is 1.56 bits per heavy atom. The Bertz CT molecular complexity index is 392. The highest BCUT2D eigenvalue weighted by Crippen LogP contribution is 2.12. The third kappa shape index (κ3) is 4.00. The van der Waals surface area contributed by atoms with Crippen molar-refractivity contribution < 1.29 is 4.79 Å². The molecule has 1 aromatic rings. The van der Waals surface area contributed by atoms with E-state index in [9.17, 15) is 4.79 Å². The second kappa shape index (κ2) is 6.96. The lowest BCUT2D eigenvalue weighted by molar-refractivity contribution is 0.100. The first-order valence-electron chi connectivity index (χ1n) is 6.21. The molecule has 1 aromatic heterocycles. The molecule has 0 unspecified atom stereocenters. The highest BCUT2D eigenvalue weighted by atomic mass is 16.1. The van der Waals surface area contributed by atoms with Crippen LogP contribution in [0.1, 0.15) is 30.1 Å². The molecule has 0 spiro atoms. The number of likely N-dealkylation sites (N-methyl/N-ethyl adjacent to an activating group) is 1. The van der Waals surface area contributed by atoms with Crippen molar-refractivity contribution in [2.24, 2.45) is 5.73 Å². The summed E-state index contributed by atoms with van der Waals surface area (Å²) in [6, 6.07) is 3.81. The third-order valence-corrected chi connectivity index (χ3v) is 2.93. The largest absolute Gasteiger partial charge is 0.368 e. The molecule has 1 heterocycles. The van der Waals surface area contributed by atoms with Crippen LogP contribution >= 0.6 is 0 Å². The number of primary amides is 1. The van der Waals surface area contributed by atoms with E-state index in [1.807, 2.05) is 0 Å². The van der Waals surface area contributed by atoms with Gasteiger partial charge in [0.05, 0.1) is 5.56 Å². The van der Waals surface area contributed by atoms with Crippen LogP contribution in [0.5, 0.6) is 0 Å². The number of nitrogens with one attached hydrogen (secondary N) is 1. The summed E-state index contributed by atoms with van der Waals surface area (Å²) >= 11 is 0. The third-order valence-electron chi connectivity index (χ3n) is 2.93. The fourth-order valence-corrected chi connectivity index (χ4v) is 1.84. The van der Waals surface area contributed by atoms with Crippen LogP contribution in [0, 0.1) is 0 Å². The molecule has 3 N–H and O–H groups in total. The van der Waals surface area contributed by atoms with Crippen LogP contribution < -0.4 is 11.1 Å². The normalized spacial score (nSPS) is 12.4. The zero-order valence-corrected chi connectivity index (χ0v) is 11.3. The van der Waals surface area contributed by atoms with Crippen LogP contribution in [0.2, 0.25) is 0 Å². The van der Waals surface area contributed by atoms with E-state index in [1.165, 1.54) is 0 Å². The number of carbonyl (C=O) groups is 1. The maximum Gasteiger partial charge on any atom is 0.252 e. The molecule has 5 heteroatoms. The fourth-order valence-electron chi connectivity index (χ4n) is 1.84. The second-order valence-corrected chi connectivity index (χ2v) is 4.55. The molecule has 1 atom stereocenters. The molecule has 0 aliphatic heterocycles. The molecule has 5 nitrogen and oxygen atoms in total. The van der Waals surface area contributed by atoms with Gasteiger partial charge >= 0.3 is 0 Å². The van der Waals surface area contributed by atoms with Gasteiger partial charge in [0.25, 0.3) is 5.91 Å². The topological polar surface area (TPSA) is 71.2 Å². The SMILES string of the molecule is CCC[C@@H](CNc1ncccc1C(N)=O)N(C)C. The average Bonchev–Trinajstić information content (AvgIpc) is 2.34. The van der Waals surface area contributed by atoms with E-state index in [0.29, 0.717) is 17.4 Å². The minimum atomic E-state index is -0.456. The Labute approximate surface area is 108 Å². The van der Waals surface area contributed by atoms with Crippen LogP contribution in [-0.4, -0.2) is 42.5 Å². The predicted molar refractivity (Wildman–Crippen MR) is 73.6 cm³/mol. The number of aromatic nitrogens is 1. The molecular formula is C13H22N4O. The molecule has 0 radical (unpaired) electrons. The lowest BCUT2D eigenvalue weighted by Crippen LogP contribution is -2.34. The smallest absolute Gasteiger partial charge is 0.252 e. The Balaban J connectivity index is 2.70. The number of nitrogens with zero attached hydrogens (tertiary/aromatic N) is 2. The molecule has 18 heavy (non-hydrogen) atoms. The molecule has 0 bridgehead atoms.